The van der Waals surface area contributed by atoms with Crippen LogP contribution in [0.25, 0.3) is 6.08 Å². The second-order valence-electron chi connectivity index (χ2n) is 5.38. The molecule has 0 aliphatic carbocycles. The van der Waals surface area contributed by atoms with Gasteiger partial charge in [0.05, 0.1) is 6.61 Å². The molecule has 138 valence electrons. The molecule has 7 nitrogen and oxygen atoms in total. The summed E-state index contributed by atoms with van der Waals surface area (Å²) in [6, 6.07) is 15.6. The van der Waals surface area contributed by atoms with Gasteiger partial charge in [-0.2, -0.15) is 5.26 Å². The summed E-state index contributed by atoms with van der Waals surface area (Å²) in [7, 11) is 0. The highest BCUT2D eigenvalue weighted by Crippen LogP contribution is 2.29. The summed E-state index contributed by atoms with van der Waals surface area (Å²) in [5, 5.41) is 12.0. The number of amides is 2. The molecule has 0 aromatic heterocycles. The van der Waals surface area contributed by atoms with Crippen molar-refractivity contribution in [2.45, 2.75) is 6.92 Å². The molecule has 2 aromatic rings. The third-order valence-electron chi connectivity index (χ3n) is 3.35. The van der Waals surface area contributed by atoms with E-state index in [1.165, 1.54) is 6.08 Å². The van der Waals surface area contributed by atoms with E-state index in [1.807, 2.05) is 12.1 Å². The lowest BCUT2D eigenvalue weighted by atomic mass is 10.1. The summed E-state index contributed by atoms with van der Waals surface area (Å²) in [5.74, 6) is -0.394. The van der Waals surface area contributed by atoms with Crippen LogP contribution >= 0.6 is 0 Å². The molecule has 0 aliphatic rings. The fourth-order valence-corrected chi connectivity index (χ4v) is 2.19. The normalized spacial score (nSPS) is 10.6. The first-order valence-corrected chi connectivity index (χ1v) is 8.19. The van der Waals surface area contributed by atoms with Gasteiger partial charge in [-0.3, -0.25) is 9.59 Å². The topological polar surface area (TPSA) is 114 Å². The molecule has 0 saturated carbocycles. The Balaban J connectivity index is 2.23. The number of primary amides is 1. The molecular formula is C20H19N3O4. The second kappa shape index (κ2) is 9.63. The Morgan fingerprint density at radius 3 is 2.52 bits per heavy atom. The van der Waals surface area contributed by atoms with Gasteiger partial charge < -0.3 is 20.5 Å². The number of carbonyl (C=O) groups is 2. The molecule has 2 rings (SSSR count). The number of hydrogen-bond acceptors (Lipinski definition) is 5. The third-order valence-corrected chi connectivity index (χ3v) is 3.35. The zero-order valence-corrected chi connectivity index (χ0v) is 14.8. The minimum atomic E-state index is -0.606. The van der Waals surface area contributed by atoms with E-state index in [0.717, 1.165) is 0 Å². The molecular weight excluding hydrogens is 346 g/mol. The number of nitriles is 1. The Kier molecular flexibility index (Phi) is 6.97. The highest BCUT2D eigenvalue weighted by molar-refractivity contribution is 6.09. The van der Waals surface area contributed by atoms with Gasteiger partial charge in [0.25, 0.3) is 11.8 Å². The number of anilines is 1. The first kappa shape index (κ1) is 19.5. The van der Waals surface area contributed by atoms with Crippen molar-refractivity contribution in [1.29, 1.82) is 5.26 Å². The standard InChI is InChI=1S/C20H19N3O4/c1-2-26-18-11-14(8-9-17(18)27-13-19(22)24)10-15(12-21)20(25)23-16-6-4-3-5-7-16/h3-11H,2,13H2,1H3,(H2,22,24)(H,23,25)/b15-10-. The zero-order valence-electron chi connectivity index (χ0n) is 14.8. The maximum absolute atomic E-state index is 12.3. The van der Waals surface area contributed by atoms with Gasteiger partial charge in [0.2, 0.25) is 0 Å². The van der Waals surface area contributed by atoms with Crippen LogP contribution in [-0.2, 0) is 9.59 Å². The first-order chi connectivity index (χ1) is 13.0. The summed E-state index contributed by atoms with van der Waals surface area (Å²) < 4.78 is 10.8. The van der Waals surface area contributed by atoms with Crippen molar-refractivity contribution in [3.8, 4) is 17.6 Å². The Hall–Kier alpha value is -3.79. The van der Waals surface area contributed by atoms with E-state index in [1.54, 1.807) is 49.4 Å². The molecule has 27 heavy (non-hydrogen) atoms. The molecule has 0 bridgehead atoms. The molecule has 0 unspecified atom stereocenters. The molecule has 0 radical (unpaired) electrons. The summed E-state index contributed by atoms with van der Waals surface area (Å²) in [6.45, 7) is 1.90. The number of nitrogens with two attached hydrogens (primary N) is 1. The van der Waals surface area contributed by atoms with Gasteiger partial charge in [0.1, 0.15) is 11.6 Å². The van der Waals surface area contributed by atoms with Crippen molar-refractivity contribution < 1.29 is 19.1 Å². The van der Waals surface area contributed by atoms with Crippen LogP contribution in [-0.4, -0.2) is 25.0 Å². The van der Waals surface area contributed by atoms with Gasteiger partial charge in [-0.05, 0) is 42.8 Å². The Morgan fingerprint density at radius 2 is 1.89 bits per heavy atom. The monoisotopic (exact) mass is 365 g/mol. The fourth-order valence-electron chi connectivity index (χ4n) is 2.19. The number of hydrogen-bond donors (Lipinski definition) is 2. The van der Waals surface area contributed by atoms with Gasteiger partial charge >= 0.3 is 0 Å². The molecule has 2 aromatic carbocycles. The average Bonchev–Trinajstić information content (AvgIpc) is 2.66. The second-order valence-corrected chi connectivity index (χ2v) is 5.38. The van der Waals surface area contributed by atoms with Crippen LogP contribution in [0.4, 0.5) is 5.69 Å². The first-order valence-electron chi connectivity index (χ1n) is 8.19. The summed E-state index contributed by atoms with van der Waals surface area (Å²) in [6.07, 6.45) is 1.44. The van der Waals surface area contributed by atoms with Crippen molar-refractivity contribution in [3.05, 3.63) is 59.7 Å². The number of benzene rings is 2. The molecule has 0 spiro atoms. The lowest BCUT2D eigenvalue weighted by molar-refractivity contribution is -0.120. The predicted molar refractivity (Wildman–Crippen MR) is 101 cm³/mol. The van der Waals surface area contributed by atoms with Crippen LogP contribution in [0.2, 0.25) is 0 Å². The largest absolute Gasteiger partial charge is 0.490 e. The van der Waals surface area contributed by atoms with E-state index < -0.39 is 11.8 Å². The fraction of sp³-hybridized carbons (Fsp3) is 0.150. The van der Waals surface area contributed by atoms with Crippen molar-refractivity contribution in [1.82, 2.24) is 0 Å². The van der Waals surface area contributed by atoms with Crippen molar-refractivity contribution >= 4 is 23.6 Å². The van der Waals surface area contributed by atoms with Crippen LogP contribution in [0.5, 0.6) is 11.5 Å². The van der Waals surface area contributed by atoms with E-state index in [2.05, 4.69) is 5.32 Å². The Morgan fingerprint density at radius 1 is 1.15 bits per heavy atom. The van der Waals surface area contributed by atoms with E-state index in [-0.39, 0.29) is 12.2 Å². The van der Waals surface area contributed by atoms with Crippen LogP contribution < -0.4 is 20.5 Å². The summed E-state index contributed by atoms with van der Waals surface area (Å²) in [5.41, 5.74) is 6.18. The lowest BCUT2D eigenvalue weighted by Crippen LogP contribution is -2.20. The Labute approximate surface area is 157 Å². The van der Waals surface area contributed by atoms with Gasteiger partial charge in [0.15, 0.2) is 18.1 Å². The predicted octanol–water partition coefficient (Wildman–Crippen LogP) is 2.50. The zero-order chi connectivity index (χ0) is 19.6. The van der Waals surface area contributed by atoms with Crippen molar-refractivity contribution in [2.24, 2.45) is 5.73 Å². The number of para-hydroxylation sites is 1. The van der Waals surface area contributed by atoms with Crippen molar-refractivity contribution in [2.75, 3.05) is 18.5 Å². The molecule has 0 saturated heterocycles. The minimum Gasteiger partial charge on any atom is -0.490 e. The molecule has 0 aliphatic heterocycles. The molecule has 0 heterocycles. The molecule has 0 fully saturated rings. The maximum atomic E-state index is 12.3. The van der Waals surface area contributed by atoms with E-state index in [4.69, 9.17) is 15.2 Å². The highest BCUT2D eigenvalue weighted by atomic mass is 16.5. The van der Waals surface area contributed by atoms with Gasteiger partial charge in [0, 0.05) is 5.69 Å². The molecule has 2 amide bonds. The van der Waals surface area contributed by atoms with Crippen LogP contribution in [0.1, 0.15) is 12.5 Å². The number of nitrogens with zero attached hydrogens (tertiary/aromatic N) is 1. The lowest BCUT2D eigenvalue weighted by Gasteiger charge is -2.11. The summed E-state index contributed by atoms with van der Waals surface area (Å²) in [4.78, 5) is 23.2. The van der Waals surface area contributed by atoms with Crippen LogP contribution in [0.3, 0.4) is 0 Å². The molecule has 7 heteroatoms. The van der Waals surface area contributed by atoms with E-state index in [9.17, 15) is 14.9 Å². The molecule has 3 N–H and O–H groups in total. The van der Waals surface area contributed by atoms with Crippen molar-refractivity contribution in [3.63, 3.8) is 0 Å². The van der Waals surface area contributed by atoms with Gasteiger partial charge in [-0.25, -0.2) is 0 Å². The quantitative estimate of drug-likeness (QED) is 0.551. The number of ether oxygens (including phenoxy) is 2. The number of carbonyl (C=O) groups excluding carboxylic acids is 2. The van der Waals surface area contributed by atoms with E-state index >= 15 is 0 Å². The van der Waals surface area contributed by atoms with Gasteiger partial charge in [-0.1, -0.05) is 24.3 Å². The smallest absolute Gasteiger partial charge is 0.266 e. The minimum absolute atomic E-state index is 0.0629. The number of rotatable bonds is 8. The van der Waals surface area contributed by atoms with Crippen LogP contribution in [0.15, 0.2) is 54.1 Å². The molecule has 0 atom stereocenters. The van der Waals surface area contributed by atoms with E-state index in [0.29, 0.717) is 29.4 Å². The SMILES string of the molecule is CCOc1cc(/C=C(/C#N)C(=O)Nc2ccccc2)ccc1OCC(N)=O. The summed E-state index contributed by atoms with van der Waals surface area (Å²) >= 11 is 0. The third kappa shape index (κ3) is 5.90. The average molecular weight is 365 g/mol. The maximum Gasteiger partial charge on any atom is 0.266 e. The van der Waals surface area contributed by atoms with Crippen LogP contribution in [0, 0.1) is 11.3 Å². The Bertz CT molecular complexity index is 886. The van der Waals surface area contributed by atoms with Gasteiger partial charge in [-0.15, -0.1) is 0 Å². The highest BCUT2D eigenvalue weighted by Gasteiger charge is 2.12. The number of nitrogens with one attached hydrogen (secondary N) is 1.